The first-order valence-electron chi connectivity index (χ1n) is 9.00. The Bertz CT molecular complexity index is 818. The highest BCUT2D eigenvalue weighted by atomic mass is 19.4. The van der Waals surface area contributed by atoms with Gasteiger partial charge in [0.15, 0.2) is 0 Å². The summed E-state index contributed by atoms with van der Waals surface area (Å²) in [7, 11) is 1.27. The molecule has 0 saturated heterocycles. The molecule has 0 aliphatic rings. The van der Waals surface area contributed by atoms with E-state index in [4.69, 9.17) is 4.74 Å². The van der Waals surface area contributed by atoms with Gasteiger partial charge in [-0.1, -0.05) is 30.3 Å². The van der Waals surface area contributed by atoms with Crippen molar-refractivity contribution < 1.29 is 23.0 Å². The SMILES string of the molecule is CCN(C=Nc1cc(OC)c(C(O)(c2ccccc2)C(F)(F)F)cc1C)CC. The quantitative estimate of drug-likeness (QED) is 0.542. The predicted molar refractivity (Wildman–Crippen MR) is 104 cm³/mol. The van der Waals surface area contributed by atoms with Gasteiger partial charge in [-0.15, -0.1) is 0 Å². The van der Waals surface area contributed by atoms with Crippen molar-refractivity contribution in [2.45, 2.75) is 32.5 Å². The Morgan fingerprint density at radius 1 is 1.11 bits per heavy atom. The Kier molecular flexibility index (Phi) is 6.72. The largest absolute Gasteiger partial charge is 0.496 e. The van der Waals surface area contributed by atoms with Gasteiger partial charge in [-0.25, -0.2) is 4.99 Å². The van der Waals surface area contributed by atoms with Gasteiger partial charge in [0.1, 0.15) is 5.75 Å². The summed E-state index contributed by atoms with van der Waals surface area (Å²) in [5, 5.41) is 10.9. The maximum absolute atomic E-state index is 14.0. The molecule has 0 heterocycles. The highest BCUT2D eigenvalue weighted by Gasteiger charge is 2.57. The number of hydrogen-bond acceptors (Lipinski definition) is 3. The number of aliphatic hydroxyl groups is 1. The topological polar surface area (TPSA) is 45.1 Å². The fourth-order valence-electron chi connectivity index (χ4n) is 2.95. The summed E-state index contributed by atoms with van der Waals surface area (Å²) < 4.78 is 47.3. The fourth-order valence-corrected chi connectivity index (χ4v) is 2.95. The zero-order valence-corrected chi connectivity index (χ0v) is 16.4. The van der Waals surface area contributed by atoms with Gasteiger partial charge in [-0.3, -0.25) is 0 Å². The molecule has 4 nitrogen and oxygen atoms in total. The van der Waals surface area contributed by atoms with Gasteiger partial charge in [-0.2, -0.15) is 13.2 Å². The summed E-state index contributed by atoms with van der Waals surface area (Å²) in [6, 6.07) is 9.69. The highest BCUT2D eigenvalue weighted by molar-refractivity contribution is 5.66. The molecule has 1 unspecified atom stereocenters. The van der Waals surface area contributed by atoms with Crippen LogP contribution < -0.4 is 4.74 Å². The van der Waals surface area contributed by atoms with Gasteiger partial charge in [0.05, 0.1) is 19.1 Å². The maximum atomic E-state index is 14.0. The summed E-state index contributed by atoms with van der Waals surface area (Å²) in [5.74, 6) is -0.0824. The lowest BCUT2D eigenvalue weighted by atomic mass is 9.84. The lowest BCUT2D eigenvalue weighted by Crippen LogP contribution is -2.43. The van der Waals surface area contributed by atoms with Gasteiger partial charge in [0.2, 0.25) is 5.60 Å². The van der Waals surface area contributed by atoms with Crippen LogP contribution in [0.3, 0.4) is 0 Å². The summed E-state index contributed by atoms with van der Waals surface area (Å²) in [4.78, 5) is 6.33. The van der Waals surface area contributed by atoms with Crippen molar-refractivity contribution in [1.82, 2.24) is 4.90 Å². The van der Waals surface area contributed by atoms with E-state index in [0.717, 1.165) is 13.1 Å². The first-order valence-corrected chi connectivity index (χ1v) is 9.00. The number of methoxy groups -OCH3 is 1. The molecule has 152 valence electrons. The third-order valence-electron chi connectivity index (χ3n) is 4.68. The molecule has 2 aromatic carbocycles. The molecule has 2 rings (SSSR count). The van der Waals surface area contributed by atoms with Crippen LogP contribution in [0.1, 0.15) is 30.5 Å². The van der Waals surface area contributed by atoms with Gasteiger partial charge in [-0.05, 0) is 38.0 Å². The van der Waals surface area contributed by atoms with E-state index in [2.05, 4.69) is 4.99 Å². The molecule has 0 spiro atoms. The zero-order valence-electron chi connectivity index (χ0n) is 16.4. The first-order chi connectivity index (χ1) is 13.2. The van der Waals surface area contributed by atoms with Crippen molar-refractivity contribution in [2.75, 3.05) is 20.2 Å². The number of alkyl halides is 3. The molecule has 7 heteroatoms. The zero-order chi connectivity index (χ0) is 20.9. The fraction of sp³-hybridized carbons (Fsp3) is 0.381. The van der Waals surface area contributed by atoms with E-state index in [9.17, 15) is 18.3 Å². The minimum Gasteiger partial charge on any atom is -0.496 e. The van der Waals surface area contributed by atoms with Crippen molar-refractivity contribution in [1.29, 1.82) is 0 Å². The number of hydrogen-bond donors (Lipinski definition) is 1. The Morgan fingerprint density at radius 3 is 2.21 bits per heavy atom. The minimum absolute atomic E-state index is 0.0824. The first kappa shape index (κ1) is 21.8. The van der Waals surface area contributed by atoms with Crippen LogP contribution in [0.4, 0.5) is 18.9 Å². The monoisotopic (exact) mass is 394 g/mol. The molecule has 0 aliphatic carbocycles. The van der Waals surface area contributed by atoms with Gasteiger partial charge in [0.25, 0.3) is 0 Å². The van der Waals surface area contributed by atoms with E-state index < -0.39 is 11.8 Å². The molecule has 1 atom stereocenters. The Morgan fingerprint density at radius 2 is 1.71 bits per heavy atom. The molecule has 0 radical (unpaired) electrons. The molecule has 0 saturated carbocycles. The van der Waals surface area contributed by atoms with Gasteiger partial charge >= 0.3 is 6.18 Å². The van der Waals surface area contributed by atoms with Crippen molar-refractivity contribution in [3.8, 4) is 5.75 Å². The molecule has 28 heavy (non-hydrogen) atoms. The highest BCUT2D eigenvalue weighted by Crippen LogP contribution is 2.48. The van der Waals surface area contributed by atoms with Crippen LogP contribution in [0.5, 0.6) is 5.75 Å². The molecular weight excluding hydrogens is 369 g/mol. The third-order valence-corrected chi connectivity index (χ3v) is 4.68. The lowest BCUT2D eigenvalue weighted by Gasteiger charge is -2.33. The van der Waals surface area contributed by atoms with E-state index in [1.165, 1.54) is 43.5 Å². The number of benzene rings is 2. The van der Waals surface area contributed by atoms with E-state index in [1.807, 2.05) is 18.7 Å². The van der Waals surface area contributed by atoms with Crippen LogP contribution in [0.25, 0.3) is 0 Å². The normalized spacial score (nSPS) is 14.1. The second-order valence-electron chi connectivity index (χ2n) is 6.38. The van der Waals surface area contributed by atoms with E-state index >= 15 is 0 Å². The second-order valence-corrected chi connectivity index (χ2v) is 6.38. The summed E-state index contributed by atoms with van der Waals surface area (Å²) in [6.45, 7) is 7.14. The number of halogens is 3. The van der Waals surface area contributed by atoms with Crippen LogP contribution in [-0.4, -0.2) is 42.7 Å². The van der Waals surface area contributed by atoms with E-state index in [0.29, 0.717) is 11.3 Å². The molecule has 0 amide bonds. The smallest absolute Gasteiger partial charge is 0.425 e. The van der Waals surface area contributed by atoms with Crippen LogP contribution in [-0.2, 0) is 5.60 Å². The Hall–Kier alpha value is -2.54. The lowest BCUT2D eigenvalue weighted by molar-refractivity contribution is -0.248. The Balaban J connectivity index is 2.65. The van der Waals surface area contributed by atoms with E-state index in [1.54, 1.807) is 19.3 Å². The summed E-state index contributed by atoms with van der Waals surface area (Å²) in [5.41, 5.74) is -2.87. The van der Waals surface area contributed by atoms with Crippen LogP contribution in [0, 0.1) is 6.92 Å². The van der Waals surface area contributed by atoms with Crippen molar-refractivity contribution in [2.24, 2.45) is 4.99 Å². The van der Waals surface area contributed by atoms with Crippen molar-refractivity contribution >= 4 is 12.0 Å². The van der Waals surface area contributed by atoms with Crippen LogP contribution in [0.15, 0.2) is 47.5 Å². The number of rotatable bonds is 7. The standard InChI is InChI=1S/C21H25F3N2O2/c1-5-26(6-2)14-25-18-13-19(28-4)17(12-15(18)3)20(27,21(22,23)24)16-10-8-7-9-11-16/h7-14,27H,5-6H2,1-4H3. The molecule has 0 aromatic heterocycles. The Labute approximate surface area is 163 Å². The number of aliphatic imine (C=N–C) groups is 1. The molecule has 0 fully saturated rings. The summed E-state index contributed by atoms with van der Waals surface area (Å²) in [6.07, 6.45) is -3.30. The predicted octanol–water partition coefficient (Wildman–Crippen LogP) is 4.80. The molecule has 1 N–H and O–H groups in total. The van der Waals surface area contributed by atoms with Crippen LogP contribution >= 0.6 is 0 Å². The molecular formula is C21H25F3N2O2. The molecule has 0 bridgehead atoms. The summed E-state index contributed by atoms with van der Waals surface area (Å²) >= 11 is 0. The van der Waals surface area contributed by atoms with Gasteiger partial charge in [0, 0.05) is 24.7 Å². The average molecular weight is 394 g/mol. The molecule has 2 aromatic rings. The van der Waals surface area contributed by atoms with Crippen LogP contribution in [0.2, 0.25) is 0 Å². The second kappa shape index (κ2) is 8.65. The van der Waals surface area contributed by atoms with Crippen molar-refractivity contribution in [3.05, 3.63) is 59.2 Å². The number of nitrogens with zero attached hydrogens (tertiary/aromatic N) is 2. The number of aryl methyl sites for hydroxylation is 1. The minimum atomic E-state index is -4.94. The molecule has 0 aliphatic heterocycles. The van der Waals surface area contributed by atoms with Crippen molar-refractivity contribution in [3.63, 3.8) is 0 Å². The third kappa shape index (κ3) is 4.14. The average Bonchev–Trinajstić information content (AvgIpc) is 2.68. The number of ether oxygens (including phenoxy) is 1. The maximum Gasteiger partial charge on any atom is 0.425 e. The van der Waals surface area contributed by atoms with Gasteiger partial charge < -0.3 is 14.7 Å². The van der Waals surface area contributed by atoms with E-state index in [-0.39, 0.29) is 16.9 Å².